The van der Waals surface area contributed by atoms with Gasteiger partial charge in [-0.25, -0.2) is 18.7 Å². The fraction of sp³-hybridized carbons (Fsp3) is 0.167. The molecule has 0 aliphatic carbocycles. The number of imidazole rings is 2. The Labute approximate surface area is 142 Å². The molecule has 0 aliphatic rings. The van der Waals surface area contributed by atoms with Gasteiger partial charge in [0.1, 0.15) is 18.3 Å². The van der Waals surface area contributed by atoms with Gasteiger partial charge in [-0.15, -0.1) is 0 Å². The highest BCUT2D eigenvalue weighted by Gasteiger charge is 2.14. The highest BCUT2D eigenvalue weighted by Crippen LogP contribution is 2.25. The van der Waals surface area contributed by atoms with E-state index in [9.17, 15) is 8.78 Å². The fourth-order valence-electron chi connectivity index (χ4n) is 2.92. The Morgan fingerprint density at radius 2 is 2.00 bits per heavy atom. The van der Waals surface area contributed by atoms with Crippen LogP contribution < -0.4 is 0 Å². The van der Waals surface area contributed by atoms with Crippen molar-refractivity contribution in [3.63, 3.8) is 0 Å². The summed E-state index contributed by atoms with van der Waals surface area (Å²) in [7, 11) is 0. The zero-order chi connectivity index (χ0) is 17.2. The molecule has 0 radical (unpaired) electrons. The van der Waals surface area contributed by atoms with Crippen molar-refractivity contribution < 1.29 is 8.78 Å². The van der Waals surface area contributed by atoms with E-state index in [1.54, 1.807) is 35.6 Å². The van der Waals surface area contributed by atoms with Crippen LogP contribution in [0, 0.1) is 5.82 Å². The van der Waals surface area contributed by atoms with Crippen LogP contribution in [0.15, 0.2) is 55.4 Å². The van der Waals surface area contributed by atoms with Crippen molar-refractivity contribution in [2.24, 2.45) is 0 Å². The summed E-state index contributed by atoms with van der Waals surface area (Å²) in [5, 5.41) is 0. The fourth-order valence-corrected chi connectivity index (χ4v) is 2.92. The monoisotopic (exact) mass is 339 g/mol. The van der Waals surface area contributed by atoms with Gasteiger partial charge in [-0.3, -0.25) is 4.98 Å². The van der Waals surface area contributed by atoms with Gasteiger partial charge in [0.2, 0.25) is 0 Å². The van der Waals surface area contributed by atoms with E-state index in [1.165, 1.54) is 12.1 Å². The molecule has 0 bridgehead atoms. The predicted octanol–water partition coefficient (Wildman–Crippen LogP) is 3.45. The van der Waals surface area contributed by atoms with Crippen LogP contribution in [0.5, 0.6) is 0 Å². The minimum absolute atomic E-state index is 0.156. The van der Waals surface area contributed by atoms with Crippen molar-refractivity contribution in [1.82, 2.24) is 24.1 Å². The van der Waals surface area contributed by atoms with Crippen LogP contribution in [-0.2, 0) is 13.1 Å². The minimum Gasteiger partial charge on any atom is -0.333 e. The maximum Gasteiger partial charge on any atom is 0.142 e. The highest BCUT2D eigenvalue weighted by molar-refractivity contribution is 5.80. The molecule has 0 aliphatic heterocycles. The summed E-state index contributed by atoms with van der Waals surface area (Å²) in [5.74, 6) is 0.217. The minimum atomic E-state index is -0.530. The molecule has 126 valence electrons. The Kier molecular flexibility index (Phi) is 3.97. The topological polar surface area (TPSA) is 48.5 Å². The molecule has 0 unspecified atom stereocenters. The van der Waals surface area contributed by atoms with Gasteiger partial charge < -0.3 is 9.13 Å². The number of halogens is 2. The molecule has 0 fully saturated rings. The largest absolute Gasteiger partial charge is 0.333 e. The van der Waals surface area contributed by atoms with Crippen LogP contribution in [0.4, 0.5) is 8.78 Å². The second-order valence-corrected chi connectivity index (χ2v) is 5.73. The molecule has 1 aromatic carbocycles. The molecule has 0 saturated carbocycles. The highest BCUT2D eigenvalue weighted by atomic mass is 19.1. The third-order valence-electron chi connectivity index (χ3n) is 4.00. The third kappa shape index (κ3) is 3.00. The Bertz CT molecular complexity index is 1010. The first kappa shape index (κ1) is 15.4. The van der Waals surface area contributed by atoms with Gasteiger partial charge in [0.25, 0.3) is 0 Å². The molecule has 0 N–H and O–H groups in total. The number of hydrogen-bond donors (Lipinski definition) is 0. The van der Waals surface area contributed by atoms with Crippen LogP contribution in [0.25, 0.3) is 22.4 Å². The number of benzene rings is 1. The van der Waals surface area contributed by atoms with E-state index in [0.29, 0.717) is 23.4 Å². The molecule has 25 heavy (non-hydrogen) atoms. The molecule has 0 spiro atoms. The molecule has 0 amide bonds. The molecular formula is C18H15F2N5. The number of aryl methyl sites for hydroxylation is 1. The second kappa shape index (κ2) is 6.43. The first-order valence-corrected chi connectivity index (χ1v) is 7.86. The number of pyridine rings is 1. The summed E-state index contributed by atoms with van der Waals surface area (Å²) in [6.45, 7) is 0.250. The van der Waals surface area contributed by atoms with Crippen molar-refractivity contribution in [3.8, 4) is 11.4 Å². The van der Waals surface area contributed by atoms with Crippen molar-refractivity contribution in [2.75, 3.05) is 6.67 Å². The van der Waals surface area contributed by atoms with Gasteiger partial charge in [0, 0.05) is 36.4 Å². The molecule has 7 heteroatoms. The maximum absolute atomic E-state index is 13.5. The van der Waals surface area contributed by atoms with E-state index >= 15 is 0 Å². The predicted molar refractivity (Wildman–Crippen MR) is 90.2 cm³/mol. The van der Waals surface area contributed by atoms with Crippen molar-refractivity contribution in [3.05, 3.63) is 66.8 Å². The molecule has 3 heterocycles. The van der Waals surface area contributed by atoms with Gasteiger partial charge in [-0.2, -0.15) is 0 Å². The van der Waals surface area contributed by atoms with Crippen LogP contribution >= 0.6 is 0 Å². The molecule has 3 aromatic heterocycles. The third-order valence-corrected chi connectivity index (χ3v) is 4.00. The Balaban J connectivity index is 1.79. The van der Waals surface area contributed by atoms with Gasteiger partial charge in [0.15, 0.2) is 0 Å². The summed E-state index contributed by atoms with van der Waals surface area (Å²) in [5.41, 5.74) is 2.95. The maximum atomic E-state index is 13.5. The van der Waals surface area contributed by atoms with Crippen LogP contribution in [0.3, 0.4) is 0 Å². The standard InChI is InChI=1S/C18H15F2N5/c19-3-5-25-17-2-1-15(20)8-16(17)23-18(25)14-7-13(9-22-10-14)11-24-6-4-21-12-24/h1-2,4,6-10,12H,3,5,11H2. The van der Waals surface area contributed by atoms with Crippen molar-refractivity contribution in [1.29, 1.82) is 0 Å². The first-order valence-electron chi connectivity index (χ1n) is 7.86. The SMILES string of the molecule is FCCn1c(-c2cncc(Cn3ccnc3)c2)nc2cc(F)ccc21. The van der Waals surface area contributed by atoms with Crippen LogP contribution in [-0.4, -0.2) is 30.8 Å². The van der Waals surface area contributed by atoms with Crippen molar-refractivity contribution in [2.45, 2.75) is 13.1 Å². The van der Waals surface area contributed by atoms with E-state index < -0.39 is 6.67 Å². The molecule has 5 nitrogen and oxygen atoms in total. The number of rotatable bonds is 5. The number of nitrogens with zero attached hydrogens (tertiary/aromatic N) is 5. The molecule has 4 aromatic rings. The lowest BCUT2D eigenvalue weighted by Gasteiger charge is -2.08. The summed E-state index contributed by atoms with van der Waals surface area (Å²) >= 11 is 0. The van der Waals surface area contributed by atoms with Gasteiger partial charge in [-0.1, -0.05) is 0 Å². The lowest BCUT2D eigenvalue weighted by Crippen LogP contribution is -2.03. The molecule has 4 rings (SSSR count). The smallest absolute Gasteiger partial charge is 0.142 e. The number of hydrogen-bond acceptors (Lipinski definition) is 3. The average Bonchev–Trinajstić information content (AvgIpc) is 3.23. The summed E-state index contributed by atoms with van der Waals surface area (Å²) in [6, 6.07) is 6.30. The van der Waals surface area contributed by atoms with Gasteiger partial charge >= 0.3 is 0 Å². The quantitative estimate of drug-likeness (QED) is 0.559. The van der Waals surface area contributed by atoms with E-state index in [4.69, 9.17) is 0 Å². The Hall–Kier alpha value is -3.09. The zero-order valence-corrected chi connectivity index (χ0v) is 13.3. The number of fused-ring (bicyclic) bond motifs is 1. The van der Waals surface area contributed by atoms with Crippen LogP contribution in [0.2, 0.25) is 0 Å². The lowest BCUT2D eigenvalue weighted by atomic mass is 10.2. The summed E-state index contributed by atoms with van der Waals surface area (Å²) in [6.07, 6.45) is 8.77. The molecular weight excluding hydrogens is 324 g/mol. The molecule has 0 atom stereocenters. The van der Waals surface area contributed by atoms with Crippen molar-refractivity contribution >= 4 is 11.0 Å². The zero-order valence-electron chi connectivity index (χ0n) is 13.3. The summed E-state index contributed by atoms with van der Waals surface area (Å²) < 4.78 is 30.2. The normalized spacial score (nSPS) is 11.3. The van der Waals surface area contributed by atoms with E-state index in [-0.39, 0.29) is 12.4 Å². The number of alkyl halides is 1. The molecule has 0 saturated heterocycles. The Morgan fingerprint density at radius 3 is 2.80 bits per heavy atom. The van der Waals surface area contributed by atoms with E-state index in [2.05, 4.69) is 15.0 Å². The van der Waals surface area contributed by atoms with E-state index in [1.807, 2.05) is 16.8 Å². The van der Waals surface area contributed by atoms with Crippen LogP contribution in [0.1, 0.15) is 5.56 Å². The number of aromatic nitrogens is 5. The average molecular weight is 339 g/mol. The van der Waals surface area contributed by atoms with Gasteiger partial charge in [0.05, 0.1) is 30.5 Å². The van der Waals surface area contributed by atoms with E-state index in [0.717, 1.165) is 11.1 Å². The first-order chi connectivity index (χ1) is 12.2. The summed E-state index contributed by atoms with van der Waals surface area (Å²) in [4.78, 5) is 12.8. The van der Waals surface area contributed by atoms with Gasteiger partial charge in [-0.05, 0) is 23.8 Å². The Morgan fingerprint density at radius 1 is 1.08 bits per heavy atom. The second-order valence-electron chi connectivity index (χ2n) is 5.73. The lowest BCUT2D eigenvalue weighted by molar-refractivity contribution is 0.451.